The Bertz CT molecular complexity index is 1140. The third kappa shape index (κ3) is 7.58. The van der Waals surface area contributed by atoms with Crippen molar-refractivity contribution in [2.45, 2.75) is 37.5 Å². The molecule has 0 spiro atoms. The zero-order valence-corrected chi connectivity index (χ0v) is 21.4. The predicted molar refractivity (Wildman–Crippen MR) is 134 cm³/mol. The average molecular weight is 523 g/mol. The van der Waals surface area contributed by atoms with E-state index in [0.29, 0.717) is 48.3 Å². The van der Waals surface area contributed by atoms with E-state index in [9.17, 15) is 18.0 Å². The van der Waals surface area contributed by atoms with Crippen LogP contribution < -0.4 is 20.2 Å². The molecule has 0 saturated carbocycles. The maximum Gasteiger partial charge on any atom is 0.343 e. The number of methoxy groups -OCH3 is 1. The number of hydrogen-bond donors (Lipinski definition) is 3. The molecule has 1 fully saturated rings. The van der Waals surface area contributed by atoms with Crippen molar-refractivity contribution >= 4 is 33.6 Å². The molecule has 1 atom stereocenters. The third-order valence-electron chi connectivity index (χ3n) is 5.92. The van der Waals surface area contributed by atoms with Crippen LogP contribution in [-0.4, -0.2) is 52.1 Å². The van der Waals surface area contributed by atoms with Gasteiger partial charge in [0, 0.05) is 24.7 Å². The highest BCUT2D eigenvalue weighted by Gasteiger charge is 2.23. The van der Waals surface area contributed by atoms with Gasteiger partial charge in [-0.3, -0.25) is 10.2 Å². The van der Waals surface area contributed by atoms with E-state index >= 15 is 0 Å². The number of benzene rings is 2. The van der Waals surface area contributed by atoms with Crippen molar-refractivity contribution in [1.29, 1.82) is 0 Å². The van der Waals surface area contributed by atoms with Gasteiger partial charge >= 0.3 is 6.03 Å². The molecule has 1 saturated heterocycles. The molecular weight excluding hydrogens is 492 g/mol. The minimum atomic E-state index is -4.01. The zero-order chi connectivity index (χ0) is 25.4. The fraction of sp³-hybridized carbons (Fsp3) is 0.417. The van der Waals surface area contributed by atoms with Gasteiger partial charge in [0.2, 0.25) is 0 Å². The molecule has 0 bridgehead atoms. The van der Waals surface area contributed by atoms with Crippen molar-refractivity contribution < 1.29 is 22.7 Å². The molecule has 2 aromatic rings. The Kier molecular flexibility index (Phi) is 9.36. The summed E-state index contributed by atoms with van der Waals surface area (Å²) in [6.07, 6.45) is 3.57. The van der Waals surface area contributed by atoms with E-state index in [1.165, 1.54) is 25.3 Å². The van der Waals surface area contributed by atoms with Gasteiger partial charge in [-0.05, 0) is 61.1 Å². The van der Waals surface area contributed by atoms with Gasteiger partial charge in [-0.1, -0.05) is 37.1 Å². The van der Waals surface area contributed by atoms with Crippen LogP contribution in [0.2, 0.25) is 5.02 Å². The van der Waals surface area contributed by atoms with E-state index in [1.54, 1.807) is 29.3 Å². The van der Waals surface area contributed by atoms with Crippen molar-refractivity contribution in [3.63, 3.8) is 0 Å². The Balaban J connectivity index is 1.51. The normalized spacial score (nSPS) is 16.4. The number of carbonyl (C=O) groups excluding carboxylic acids is 2. The first-order chi connectivity index (χ1) is 16.7. The fourth-order valence-corrected chi connectivity index (χ4v) is 5.03. The van der Waals surface area contributed by atoms with Crippen LogP contribution in [0, 0.1) is 5.92 Å². The summed E-state index contributed by atoms with van der Waals surface area (Å²) in [5.41, 5.74) is 3.79. The number of nitrogens with one attached hydrogen (secondary N) is 3. The van der Waals surface area contributed by atoms with Crippen LogP contribution in [-0.2, 0) is 16.4 Å². The standard InChI is InChI=1S/C24H31ClN4O5S/c1-3-17-5-4-14-29(16-17)27-24(31)28-35(32,33)20-9-6-18(7-10-20)12-13-26-23(30)21-15-19(25)8-11-22(21)34-2/h6-11,15,17H,3-5,12-14,16H2,1-2H3,(H,26,30)(H2,27,28,31). The molecule has 1 aliphatic heterocycles. The van der Waals surface area contributed by atoms with Crippen molar-refractivity contribution in [3.05, 3.63) is 58.6 Å². The predicted octanol–water partition coefficient (Wildman–Crippen LogP) is 3.35. The van der Waals surface area contributed by atoms with Crippen LogP contribution in [0.15, 0.2) is 47.4 Å². The molecule has 3 N–H and O–H groups in total. The highest BCUT2D eigenvalue weighted by atomic mass is 35.5. The molecule has 2 aromatic carbocycles. The number of urea groups is 1. The van der Waals surface area contributed by atoms with Gasteiger partial charge in [-0.15, -0.1) is 0 Å². The Morgan fingerprint density at radius 1 is 1.17 bits per heavy atom. The van der Waals surface area contributed by atoms with Crippen molar-refractivity contribution in [1.82, 2.24) is 20.5 Å². The summed E-state index contributed by atoms with van der Waals surface area (Å²) in [6.45, 7) is 3.83. The van der Waals surface area contributed by atoms with E-state index < -0.39 is 16.1 Å². The van der Waals surface area contributed by atoms with Crippen LogP contribution in [0.4, 0.5) is 4.79 Å². The topological polar surface area (TPSA) is 117 Å². The maximum atomic E-state index is 12.6. The number of sulfonamides is 1. The number of amides is 3. The number of hydrogen-bond acceptors (Lipinski definition) is 6. The number of hydrazine groups is 1. The molecule has 0 aromatic heterocycles. The lowest BCUT2D eigenvalue weighted by atomic mass is 9.97. The molecule has 9 nitrogen and oxygen atoms in total. The molecule has 3 amide bonds. The molecule has 1 aliphatic rings. The lowest BCUT2D eigenvalue weighted by molar-refractivity contribution is 0.0951. The summed E-state index contributed by atoms with van der Waals surface area (Å²) in [4.78, 5) is 24.7. The van der Waals surface area contributed by atoms with Crippen LogP contribution in [0.3, 0.4) is 0 Å². The van der Waals surface area contributed by atoms with Crippen LogP contribution in [0.25, 0.3) is 0 Å². The second-order valence-corrected chi connectivity index (χ2v) is 10.5. The van der Waals surface area contributed by atoms with Crippen molar-refractivity contribution in [3.8, 4) is 5.75 Å². The fourth-order valence-electron chi connectivity index (χ4n) is 3.96. The van der Waals surface area contributed by atoms with Gasteiger partial charge in [-0.2, -0.15) is 0 Å². The van der Waals surface area contributed by atoms with E-state index in [1.807, 2.05) is 0 Å². The highest BCUT2D eigenvalue weighted by molar-refractivity contribution is 7.90. The van der Waals surface area contributed by atoms with Crippen LogP contribution in [0.5, 0.6) is 5.75 Å². The molecule has 190 valence electrons. The van der Waals surface area contributed by atoms with E-state index in [-0.39, 0.29) is 10.8 Å². The number of carbonyl (C=O) groups is 2. The molecule has 1 heterocycles. The second-order valence-electron chi connectivity index (χ2n) is 8.40. The van der Waals surface area contributed by atoms with Gasteiger partial charge in [0.05, 0.1) is 17.6 Å². The van der Waals surface area contributed by atoms with Gasteiger partial charge in [0.1, 0.15) is 5.75 Å². The molecule has 1 unspecified atom stereocenters. The van der Waals surface area contributed by atoms with E-state index in [4.69, 9.17) is 16.3 Å². The number of halogens is 1. The maximum absolute atomic E-state index is 12.6. The van der Waals surface area contributed by atoms with Gasteiger partial charge in [-0.25, -0.2) is 22.9 Å². The number of piperidine rings is 1. The smallest absolute Gasteiger partial charge is 0.343 e. The summed E-state index contributed by atoms with van der Waals surface area (Å²) in [5, 5.41) is 4.99. The quantitative estimate of drug-likeness (QED) is 0.465. The lowest BCUT2D eigenvalue weighted by Gasteiger charge is -2.32. The summed E-state index contributed by atoms with van der Waals surface area (Å²) in [6, 6.07) is 10.2. The van der Waals surface area contributed by atoms with Gasteiger partial charge < -0.3 is 10.1 Å². The molecular formula is C24H31ClN4O5S. The largest absolute Gasteiger partial charge is 0.496 e. The SMILES string of the molecule is CCC1CCCN(NC(=O)NS(=O)(=O)c2ccc(CCNC(=O)c3cc(Cl)ccc3OC)cc2)C1. The van der Waals surface area contributed by atoms with E-state index in [0.717, 1.165) is 24.8 Å². The monoisotopic (exact) mass is 522 g/mol. The first kappa shape index (κ1) is 26.8. The van der Waals surface area contributed by atoms with Gasteiger partial charge in [0.15, 0.2) is 0 Å². The molecule has 0 aliphatic carbocycles. The number of rotatable bonds is 9. The lowest BCUT2D eigenvalue weighted by Crippen LogP contribution is -2.52. The molecule has 35 heavy (non-hydrogen) atoms. The summed E-state index contributed by atoms with van der Waals surface area (Å²) in [5.74, 6) is 0.590. The summed E-state index contributed by atoms with van der Waals surface area (Å²) >= 11 is 5.97. The van der Waals surface area contributed by atoms with Crippen molar-refractivity contribution in [2.24, 2.45) is 5.92 Å². The Labute approximate surface area is 211 Å². The highest BCUT2D eigenvalue weighted by Crippen LogP contribution is 2.22. The molecule has 0 radical (unpaired) electrons. The minimum Gasteiger partial charge on any atom is -0.496 e. The molecule has 3 rings (SSSR count). The summed E-state index contributed by atoms with van der Waals surface area (Å²) in [7, 11) is -2.54. The Hall–Kier alpha value is -2.82. The molecule has 11 heteroatoms. The zero-order valence-electron chi connectivity index (χ0n) is 19.8. The average Bonchev–Trinajstić information content (AvgIpc) is 2.84. The number of ether oxygens (including phenoxy) is 1. The summed E-state index contributed by atoms with van der Waals surface area (Å²) < 4.78 is 32.5. The van der Waals surface area contributed by atoms with Gasteiger partial charge in [0.25, 0.3) is 15.9 Å². The van der Waals surface area contributed by atoms with E-state index in [2.05, 4.69) is 22.4 Å². The first-order valence-corrected chi connectivity index (χ1v) is 13.4. The Morgan fingerprint density at radius 3 is 2.60 bits per heavy atom. The Morgan fingerprint density at radius 2 is 1.91 bits per heavy atom. The van der Waals surface area contributed by atoms with Crippen molar-refractivity contribution in [2.75, 3.05) is 26.7 Å². The van der Waals surface area contributed by atoms with Crippen LogP contribution >= 0.6 is 11.6 Å². The first-order valence-electron chi connectivity index (χ1n) is 11.5. The number of nitrogens with zero attached hydrogens (tertiary/aromatic N) is 1. The third-order valence-corrected chi connectivity index (χ3v) is 7.50. The van der Waals surface area contributed by atoms with Crippen LogP contribution in [0.1, 0.15) is 42.1 Å². The minimum absolute atomic E-state index is 0.0193. The second kappa shape index (κ2) is 12.2.